The molecule has 0 N–H and O–H groups in total. The molecule has 15 heavy (non-hydrogen) atoms. The van der Waals surface area contributed by atoms with Gasteiger partial charge in [-0.05, 0) is 40.9 Å². The summed E-state index contributed by atoms with van der Waals surface area (Å²) in [5.74, 6) is 0.0622. The summed E-state index contributed by atoms with van der Waals surface area (Å²) in [6, 6.07) is 3.64. The van der Waals surface area contributed by atoms with Crippen LogP contribution in [0.5, 0.6) is 0 Å². The van der Waals surface area contributed by atoms with Gasteiger partial charge in [0.2, 0.25) is 0 Å². The van der Waals surface area contributed by atoms with E-state index in [1.807, 2.05) is 6.07 Å². The van der Waals surface area contributed by atoms with E-state index in [9.17, 15) is 4.79 Å². The van der Waals surface area contributed by atoms with E-state index in [2.05, 4.69) is 20.9 Å². The first kappa shape index (κ1) is 10.8. The molecule has 1 fully saturated rings. The molecule has 3 nitrogen and oxygen atoms in total. The summed E-state index contributed by atoms with van der Waals surface area (Å²) < 4.78 is 6.07. The molecule has 1 aromatic rings. The molecule has 0 saturated carbocycles. The summed E-state index contributed by atoms with van der Waals surface area (Å²) in [7, 11) is 0. The SMILES string of the molecule is O=C(c1ncccc1Br)C1CCCOC1. The smallest absolute Gasteiger partial charge is 0.187 e. The number of aromatic nitrogens is 1. The van der Waals surface area contributed by atoms with Crippen LogP contribution < -0.4 is 0 Å². The first-order chi connectivity index (χ1) is 7.29. The zero-order valence-electron chi connectivity index (χ0n) is 8.28. The Hall–Kier alpha value is -0.740. The highest BCUT2D eigenvalue weighted by Gasteiger charge is 2.25. The van der Waals surface area contributed by atoms with Crippen LogP contribution in [0.1, 0.15) is 23.3 Å². The minimum Gasteiger partial charge on any atom is -0.381 e. The largest absolute Gasteiger partial charge is 0.381 e. The third kappa shape index (κ3) is 2.44. The van der Waals surface area contributed by atoms with Crippen LogP contribution in [0.2, 0.25) is 0 Å². The third-order valence-electron chi connectivity index (χ3n) is 2.52. The van der Waals surface area contributed by atoms with Gasteiger partial charge in [-0.3, -0.25) is 9.78 Å². The van der Waals surface area contributed by atoms with Gasteiger partial charge >= 0.3 is 0 Å². The van der Waals surface area contributed by atoms with Crippen LogP contribution in [0.4, 0.5) is 0 Å². The topological polar surface area (TPSA) is 39.2 Å². The second-order valence-electron chi connectivity index (χ2n) is 3.61. The lowest BCUT2D eigenvalue weighted by molar-refractivity contribution is 0.0457. The van der Waals surface area contributed by atoms with Crippen LogP contribution in [-0.4, -0.2) is 24.0 Å². The van der Waals surface area contributed by atoms with Crippen LogP contribution in [0, 0.1) is 5.92 Å². The molecule has 0 spiro atoms. The minimum atomic E-state index is -0.0232. The second kappa shape index (κ2) is 4.86. The Balaban J connectivity index is 2.16. The van der Waals surface area contributed by atoms with E-state index in [1.54, 1.807) is 12.3 Å². The number of Topliss-reactive ketones (excluding diaryl/α,β-unsaturated/α-hetero) is 1. The lowest BCUT2D eigenvalue weighted by Gasteiger charge is -2.20. The van der Waals surface area contributed by atoms with Crippen molar-refractivity contribution in [3.05, 3.63) is 28.5 Å². The highest BCUT2D eigenvalue weighted by Crippen LogP contribution is 2.22. The van der Waals surface area contributed by atoms with Crippen molar-refractivity contribution in [2.75, 3.05) is 13.2 Å². The van der Waals surface area contributed by atoms with Gasteiger partial charge in [0.05, 0.1) is 6.61 Å². The molecule has 2 rings (SSSR count). The van der Waals surface area contributed by atoms with E-state index in [-0.39, 0.29) is 11.7 Å². The maximum Gasteiger partial charge on any atom is 0.187 e. The van der Waals surface area contributed by atoms with E-state index in [1.165, 1.54) is 0 Å². The van der Waals surface area contributed by atoms with Crippen molar-refractivity contribution in [2.24, 2.45) is 5.92 Å². The van der Waals surface area contributed by atoms with Gasteiger partial charge in [0.25, 0.3) is 0 Å². The molecule has 0 radical (unpaired) electrons. The summed E-state index contributed by atoms with van der Waals surface area (Å²) in [5, 5.41) is 0. The molecule has 1 aromatic heterocycles. The fourth-order valence-electron chi connectivity index (χ4n) is 1.71. The molecule has 80 valence electrons. The molecule has 0 aliphatic carbocycles. The van der Waals surface area contributed by atoms with Gasteiger partial charge < -0.3 is 4.74 Å². The molecule has 1 aliphatic heterocycles. The summed E-state index contributed by atoms with van der Waals surface area (Å²) in [5.41, 5.74) is 0.521. The van der Waals surface area contributed by atoms with Crippen LogP contribution in [0.3, 0.4) is 0 Å². The van der Waals surface area contributed by atoms with E-state index in [0.717, 1.165) is 23.9 Å². The van der Waals surface area contributed by atoms with Crippen molar-refractivity contribution >= 4 is 21.7 Å². The third-order valence-corrected chi connectivity index (χ3v) is 3.16. The standard InChI is InChI=1S/C11H12BrNO2/c12-9-4-1-5-13-10(9)11(14)8-3-2-6-15-7-8/h1,4-5,8H,2-3,6-7H2. The monoisotopic (exact) mass is 269 g/mol. The van der Waals surface area contributed by atoms with Gasteiger partial charge in [0.1, 0.15) is 5.69 Å². The molecule has 0 bridgehead atoms. The van der Waals surface area contributed by atoms with E-state index in [0.29, 0.717) is 12.3 Å². The van der Waals surface area contributed by atoms with Gasteiger partial charge in [-0.2, -0.15) is 0 Å². The maximum absolute atomic E-state index is 12.0. The molecule has 1 aliphatic rings. The predicted molar refractivity (Wildman–Crippen MR) is 59.8 cm³/mol. The number of halogens is 1. The van der Waals surface area contributed by atoms with Crippen LogP contribution in [0.15, 0.2) is 22.8 Å². The first-order valence-corrected chi connectivity index (χ1v) is 5.81. The fraction of sp³-hybridized carbons (Fsp3) is 0.455. The Morgan fingerprint density at radius 2 is 2.47 bits per heavy atom. The lowest BCUT2D eigenvalue weighted by Crippen LogP contribution is -2.26. The number of pyridine rings is 1. The minimum absolute atomic E-state index is 0.0232. The van der Waals surface area contributed by atoms with Crippen molar-refractivity contribution in [3.8, 4) is 0 Å². The van der Waals surface area contributed by atoms with E-state index < -0.39 is 0 Å². The van der Waals surface area contributed by atoms with Crippen LogP contribution in [-0.2, 0) is 4.74 Å². The highest BCUT2D eigenvalue weighted by molar-refractivity contribution is 9.10. The first-order valence-electron chi connectivity index (χ1n) is 5.01. The van der Waals surface area contributed by atoms with E-state index >= 15 is 0 Å². The van der Waals surface area contributed by atoms with Crippen LogP contribution in [0.25, 0.3) is 0 Å². The predicted octanol–water partition coefficient (Wildman–Crippen LogP) is 2.45. The Bertz CT molecular complexity index is 361. The number of rotatable bonds is 2. The molecule has 1 saturated heterocycles. The molecular formula is C11H12BrNO2. The number of ketones is 1. The average Bonchev–Trinajstić information content (AvgIpc) is 2.30. The molecule has 0 amide bonds. The molecular weight excluding hydrogens is 258 g/mol. The maximum atomic E-state index is 12.0. The Morgan fingerprint density at radius 1 is 1.60 bits per heavy atom. The van der Waals surface area contributed by atoms with Crippen molar-refractivity contribution in [3.63, 3.8) is 0 Å². The lowest BCUT2D eigenvalue weighted by atomic mass is 9.95. The Kier molecular flexibility index (Phi) is 3.49. The molecule has 4 heteroatoms. The van der Waals surface area contributed by atoms with Crippen LogP contribution >= 0.6 is 15.9 Å². The number of hydrogen-bond acceptors (Lipinski definition) is 3. The van der Waals surface area contributed by atoms with Crippen molar-refractivity contribution in [1.29, 1.82) is 0 Å². The highest BCUT2D eigenvalue weighted by atomic mass is 79.9. The number of carbonyl (C=O) groups excluding carboxylic acids is 1. The molecule has 1 unspecified atom stereocenters. The zero-order chi connectivity index (χ0) is 10.7. The van der Waals surface area contributed by atoms with E-state index in [4.69, 9.17) is 4.74 Å². The second-order valence-corrected chi connectivity index (χ2v) is 4.47. The van der Waals surface area contributed by atoms with Gasteiger partial charge in [0.15, 0.2) is 5.78 Å². The van der Waals surface area contributed by atoms with Gasteiger partial charge in [0, 0.05) is 23.2 Å². The zero-order valence-corrected chi connectivity index (χ0v) is 9.87. The summed E-state index contributed by atoms with van der Waals surface area (Å²) >= 11 is 3.34. The van der Waals surface area contributed by atoms with Crippen molar-refractivity contribution in [1.82, 2.24) is 4.98 Å². The van der Waals surface area contributed by atoms with Crippen molar-refractivity contribution < 1.29 is 9.53 Å². The Labute approximate surface area is 97.0 Å². The summed E-state index contributed by atoms with van der Waals surface area (Å²) in [6.45, 7) is 1.30. The molecule has 2 heterocycles. The molecule has 0 aromatic carbocycles. The quantitative estimate of drug-likeness (QED) is 0.775. The molecule has 1 atom stereocenters. The number of nitrogens with zero attached hydrogens (tertiary/aromatic N) is 1. The fourth-order valence-corrected chi connectivity index (χ4v) is 2.16. The Morgan fingerprint density at radius 3 is 3.13 bits per heavy atom. The van der Waals surface area contributed by atoms with Gasteiger partial charge in [-0.25, -0.2) is 0 Å². The van der Waals surface area contributed by atoms with Gasteiger partial charge in [-0.15, -0.1) is 0 Å². The average molecular weight is 270 g/mol. The van der Waals surface area contributed by atoms with Crippen molar-refractivity contribution in [2.45, 2.75) is 12.8 Å². The van der Waals surface area contributed by atoms with Gasteiger partial charge in [-0.1, -0.05) is 0 Å². The normalized spacial score (nSPS) is 21.3. The summed E-state index contributed by atoms with van der Waals surface area (Å²) in [4.78, 5) is 16.1. The number of ether oxygens (including phenoxy) is 1. The number of carbonyl (C=O) groups is 1. The summed E-state index contributed by atoms with van der Waals surface area (Å²) in [6.07, 6.45) is 3.50. The number of hydrogen-bond donors (Lipinski definition) is 0.